The molecule has 0 bridgehead atoms. The minimum absolute atomic E-state index is 0.0662. The van der Waals surface area contributed by atoms with Crippen molar-refractivity contribution in [2.75, 3.05) is 0 Å². The van der Waals surface area contributed by atoms with E-state index < -0.39 is 0 Å². The van der Waals surface area contributed by atoms with E-state index >= 15 is 0 Å². The highest BCUT2D eigenvalue weighted by molar-refractivity contribution is 5.99. The standard InChI is InChI=1S/C15H14N4/c1-10-6-7-13(11(8-10)15(16)17)19-9-18-12-4-2-3-5-14(12)19/h2-9H,1H3,(H3,16,17). The molecule has 94 valence electrons. The summed E-state index contributed by atoms with van der Waals surface area (Å²) in [7, 11) is 0. The topological polar surface area (TPSA) is 67.7 Å². The molecule has 19 heavy (non-hydrogen) atoms. The molecule has 0 aliphatic heterocycles. The molecule has 4 nitrogen and oxygen atoms in total. The van der Waals surface area contributed by atoms with Gasteiger partial charge in [0.2, 0.25) is 0 Å². The van der Waals surface area contributed by atoms with E-state index in [2.05, 4.69) is 4.98 Å². The number of hydrogen-bond acceptors (Lipinski definition) is 2. The van der Waals surface area contributed by atoms with Crippen LogP contribution < -0.4 is 5.73 Å². The van der Waals surface area contributed by atoms with Crippen molar-refractivity contribution in [3.63, 3.8) is 0 Å². The van der Waals surface area contributed by atoms with E-state index in [1.807, 2.05) is 54.0 Å². The van der Waals surface area contributed by atoms with Crippen molar-refractivity contribution in [3.8, 4) is 5.69 Å². The van der Waals surface area contributed by atoms with Crippen LogP contribution in [0.3, 0.4) is 0 Å². The van der Waals surface area contributed by atoms with E-state index in [-0.39, 0.29) is 5.84 Å². The Balaban J connectivity index is 2.30. The molecule has 3 N–H and O–H groups in total. The first-order valence-corrected chi connectivity index (χ1v) is 6.04. The molecule has 3 aromatic rings. The minimum Gasteiger partial charge on any atom is -0.384 e. The molecule has 0 spiro atoms. The van der Waals surface area contributed by atoms with Gasteiger partial charge >= 0.3 is 0 Å². The number of aryl methyl sites for hydroxylation is 1. The molecule has 0 aliphatic rings. The maximum absolute atomic E-state index is 7.73. The molecule has 0 atom stereocenters. The summed E-state index contributed by atoms with van der Waals surface area (Å²) in [5.41, 5.74) is 10.3. The molecular formula is C15H14N4. The van der Waals surface area contributed by atoms with Crippen molar-refractivity contribution in [3.05, 3.63) is 59.9 Å². The lowest BCUT2D eigenvalue weighted by molar-refractivity contribution is 1.08. The van der Waals surface area contributed by atoms with Crippen LogP contribution in [0.4, 0.5) is 0 Å². The summed E-state index contributed by atoms with van der Waals surface area (Å²) in [5, 5.41) is 7.73. The predicted octanol–water partition coefficient (Wildman–Crippen LogP) is 2.62. The van der Waals surface area contributed by atoms with Gasteiger partial charge in [-0.25, -0.2) is 4.98 Å². The summed E-state index contributed by atoms with van der Waals surface area (Å²) in [6.07, 6.45) is 1.77. The number of para-hydroxylation sites is 2. The van der Waals surface area contributed by atoms with Crippen molar-refractivity contribution in [2.45, 2.75) is 6.92 Å². The minimum atomic E-state index is 0.0662. The smallest absolute Gasteiger partial charge is 0.124 e. The summed E-state index contributed by atoms with van der Waals surface area (Å²) < 4.78 is 1.96. The van der Waals surface area contributed by atoms with Crippen LogP contribution >= 0.6 is 0 Å². The van der Waals surface area contributed by atoms with Crippen molar-refractivity contribution < 1.29 is 0 Å². The molecule has 0 amide bonds. The fourth-order valence-corrected chi connectivity index (χ4v) is 2.23. The monoisotopic (exact) mass is 250 g/mol. The average molecular weight is 250 g/mol. The van der Waals surface area contributed by atoms with Crippen LogP contribution in [0.2, 0.25) is 0 Å². The first-order valence-electron chi connectivity index (χ1n) is 6.04. The van der Waals surface area contributed by atoms with Crippen LogP contribution in [0.5, 0.6) is 0 Å². The summed E-state index contributed by atoms with van der Waals surface area (Å²) >= 11 is 0. The zero-order chi connectivity index (χ0) is 13.4. The van der Waals surface area contributed by atoms with Crippen LogP contribution in [-0.4, -0.2) is 15.4 Å². The van der Waals surface area contributed by atoms with Crippen molar-refractivity contribution in [1.29, 1.82) is 5.41 Å². The third-order valence-corrected chi connectivity index (χ3v) is 3.16. The Kier molecular flexibility index (Phi) is 2.56. The Morgan fingerprint density at radius 1 is 1.21 bits per heavy atom. The number of amidine groups is 1. The number of nitrogens with zero attached hydrogens (tertiary/aromatic N) is 2. The highest BCUT2D eigenvalue weighted by atomic mass is 15.1. The quantitative estimate of drug-likeness (QED) is 0.542. The van der Waals surface area contributed by atoms with Crippen molar-refractivity contribution >= 4 is 16.9 Å². The third-order valence-electron chi connectivity index (χ3n) is 3.16. The van der Waals surface area contributed by atoms with Gasteiger partial charge in [0.25, 0.3) is 0 Å². The van der Waals surface area contributed by atoms with E-state index in [9.17, 15) is 0 Å². The lowest BCUT2D eigenvalue weighted by atomic mass is 10.1. The highest BCUT2D eigenvalue weighted by Crippen LogP contribution is 2.21. The van der Waals surface area contributed by atoms with Crippen molar-refractivity contribution in [1.82, 2.24) is 9.55 Å². The number of aromatic nitrogens is 2. The van der Waals surface area contributed by atoms with Crippen LogP contribution in [-0.2, 0) is 0 Å². The van der Waals surface area contributed by atoms with Crippen LogP contribution in [0.1, 0.15) is 11.1 Å². The van der Waals surface area contributed by atoms with E-state index in [0.29, 0.717) is 0 Å². The Hall–Kier alpha value is -2.62. The molecule has 1 heterocycles. The van der Waals surface area contributed by atoms with E-state index in [1.54, 1.807) is 6.33 Å². The fraction of sp³-hybridized carbons (Fsp3) is 0.0667. The number of rotatable bonds is 2. The molecule has 0 fully saturated rings. The van der Waals surface area contributed by atoms with Gasteiger partial charge in [-0.15, -0.1) is 0 Å². The van der Waals surface area contributed by atoms with E-state index in [1.165, 1.54) is 0 Å². The van der Waals surface area contributed by atoms with Crippen LogP contribution in [0.15, 0.2) is 48.8 Å². The van der Waals surface area contributed by atoms with E-state index in [0.717, 1.165) is 27.8 Å². The second-order valence-corrected chi connectivity index (χ2v) is 4.54. The molecule has 0 unspecified atom stereocenters. The zero-order valence-electron chi connectivity index (χ0n) is 10.6. The molecule has 3 rings (SSSR count). The SMILES string of the molecule is Cc1ccc(-n2cnc3ccccc32)c(C(=N)N)c1. The Labute approximate surface area is 111 Å². The highest BCUT2D eigenvalue weighted by Gasteiger charge is 2.10. The zero-order valence-corrected chi connectivity index (χ0v) is 10.6. The van der Waals surface area contributed by atoms with Gasteiger partial charge in [0.1, 0.15) is 12.2 Å². The summed E-state index contributed by atoms with van der Waals surface area (Å²) in [6.45, 7) is 1.99. The number of nitrogens with two attached hydrogens (primary N) is 1. The molecule has 0 aliphatic carbocycles. The van der Waals surface area contributed by atoms with Gasteiger partial charge in [0.15, 0.2) is 0 Å². The Morgan fingerprint density at radius 2 is 2.00 bits per heavy atom. The number of nitrogen functional groups attached to an aromatic ring is 1. The lowest BCUT2D eigenvalue weighted by Gasteiger charge is -2.11. The molecule has 0 radical (unpaired) electrons. The first kappa shape index (κ1) is 11.5. The van der Waals surface area contributed by atoms with Crippen LogP contribution in [0.25, 0.3) is 16.7 Å². The average Bonchev–Trinajstić information content (AvgIpc) is 2.82. The maximum Gasteiger partial charge on any atom is 0.124 e. The number of imidazole rings is 1. The fourth-order valence-electron chi connectivity index (χ4n) is 2.23. The molecule has 0 saturated carbocycles. The molecule has 2 aromatic carbocycles. The van der Waals surface area contributed by atoms with Gasteiger partial charge in [0, 0.05) is 5.56 Å². The maximum atomic E-state index is 7.73. The van der Waals surface area contributed by atoms with Gasteiger partial charge < -0.3 is 5.73 Å². The molecule has 0 saturated heterocycles. The van der Waals surface area contributed by atoms with Gasteiger partial charge in [-0.2, -0.15) is 0 Å². The lowest BCUT2D eigenvalue weighted by Crippen LogP contribution is -2.14. The molecule has 1 aromatic heterocycles. The molecular weight excluding hydrogens is 236 g/mol. The van der Waals surface area contributed by atoms with E-state index in [4.69, 9.17) is 11.1 Å². The number of hydrogen-bond donors (Lipinski definition) is 2. The Bertz CT molecular complexity index is 771. The number of benzene rings is 2. The summed E-state index contributed by atoms with van der Waals surface area (Å²) in [4.78, 5) is 4.37. The third kappa shape index (κ3) is 1.87. The van der Waals surface area contributed by atoms with Crippen molar-refractivity contribution in [2.24, 2.45) is 5.73 Å². The summed E-state index contributed by atoms with van der Waals surface area (Å²) in [5.74, 6) is 0.0662. The van der Waals surface area contributed by atoms with Gasteiger partial charge in [-0.05, 0) is 31.2 Å². The predicted molar refractivity (Wildman–Crippen MR) is 76.8 cm³/mol. The first-order chi connectivity index (χ1) is 9.16. The largest absolute Gasteiger partial charge is 0.384 e. The van der Waals surface area contributed by atoms with Gasteiger partial charge in [-0.3, -0.25) is 9.98 Å². The Morgan fingerprint density at radius 3 is 2.79 bits per heavy atom. The molecule has 4 heteroatoms. The number of nitrogens with one attached hydrogen (secondary N) is 1. The second kappa shape index (κ2) is 4.24. The summed E-state index contributed by atoms with van der Waals surface area (Å²) in [6, 6.07) is 13.8. The van der Waals surface area contributed by atoms with Gasteiger partial charge in [-0.1, -0.05) is 23.8 Å². The normalized spacial score (nSPS) is 10.8. The second-order valence-electron chi connectivity index (χ2n) is 4.54. The van der Waals surface area contributed by atoms with Crippen LogP contribution in [0, 0.1) is 12.3 Å². The number of fused-ring (bicyclic) bond motifs is 1. The van der Waals surface area contributed by atoms with Gasteiger partial charge in [0.05, 0.1) is 16.7 Å².